The predicted octanol–water partition coefficient (Wildman–Crippen LogP) is 1.76. The highest BCUT2D eigenvalue weighted by Gasteiger charge is 2.23. The molecule has 0 saturated heterocycles. The Morgan fingerprint density at radius 2 is 2.11 bits per heavy atom. The van der Waals surface area contributed by atoms with Crippen molar-refractivity contribution in [2.24, 2.45) is 0 Å². The molecule has 2 N–H and O–H groups in total. The number of halogens is 1. The van der Waals surface area contributed by atoms with Gasteiger partial charge in [0.05, 0.1) is 21.7 Å². The van der Waals surface area contributed by atoms with Crippen LogP contribution in [-0.4, -0.2) is 26.3 Å². The molecule has 98 valence electrons. The zero-order valence-corrected chi connectivity index (χ0v) is 11.7. The van der Waals surface area contributed by atoms with Gasteiger partial charge in [0.2, 0.25) is 10.0 Å². The summed E-state index contributed by atoms with van der Waals surface area (Å²) in [5.74, 6) is 0. The van der Waals surface area contributed by atoms with Crippen LogP contribution in [0.1, 0.15) is 12.0 Å². The zero-order valence-electron chi connectivity index (χ0n) is 10.1. The van der Waals surface area contributed by atoms with Crippen LogP contribution in [0.25, 0.3) is 0 Å². The number of nitrogens with two attached hydrogens (primary N) is 1. The second kappa shape index (κ2) is 5.57. The van der Waals surface area contributed by atoms with Crippen LogP contribution in [0.3, 0.4) is 0 Å². The maximum Gasteiger partial charge on any atom is 0.243 e. The van der Waals surface area contributed by atoms with Gasteiger partial charge in [0.25, 0.3) is 0 Å². The molecule has 0 atom stereocenters. The molecule has 1 rings (SSSR count). The lowest BCUT2D eigenvalue weighted by atomic mass is 10.2. The van der Waals surface area contributed by atoms with Gasteiger partial charge in [-0.2, -0.15) is 9.57 Å². The fourth-order valence-corrected chi connectivity index (χ4v) is 3.07. The van der Waals surface area contributed by atoms with Crippen molar-refractivity contribution in [3.05, 3.63) is 22.7 Å². The molecule has 5 nitrogen and oxygen atoms in total. The summed E-state index contributed by atoms with van der Waals surface area (Å²) < 4.78 is 25.6. The molecule has 7 heteroatoms. The topological polar surface area (TPSA) is 87.2 Å². The van der Waals surface area contributed by atoms with Gasteiger partial charge in [0, 0.05) is 20.0 Å². The number of nitriles is 1. The molecule has 0 saturated carbocycles. The van der Waals surface area contributed by atoms with E-state index in [0.29, 0.717) is 10.6 Å². The minimum Gasteiger partial charge on any atom is -0.397 e. The molecular weight excluding hydrogens is 274 g/mol. The molecule has 0 aliphatic heterocycles. The normalized spacial score (nSPS) is 11.5. The summed E-state index contributed by atoms with van der Waals surface area (Å²) in [7, 11) is -2.21. The van der Waals surface area contributed by atoms with Gasteiger partial charge in [0.1, 0.15) is 0 Å². The second-order valence-electron chi connectivity index (χ2n) is 3.87. The molecule has 0 aliphatic rings. The van der Waals surface area contributed by atoms with Crippen molar-refractivity contribution in [3.63, 3.8) is 0 Å². The summed E-state index contributed by atoms with van der Waals surface area (Å²) in [5.41, 5.74) is 6.36. The van der Waals surface area contributed by atoms with Gasteiger partial charge in [-0.1, -0.05) is 11.6 Å². The number of sulfonamides is 1. The lowest BCUT2D eigenvalue weighted by molar-refractivity contribution is 0.476. The molecule has 0 radical (unpaired) electrons. The first-order chi connectivity index (χ1) is 8.30. The number of aryl methyl sites for hydroxylation is 1. The van der Waals surface area contributed by atoms with Crippen LogP contribution in [0.2, 0.25) is 5.02 Å². The van der Waals surface area contributed by atoms with Gasteiger partial charge in [-0.15, -0.1) is 0 Å². The van der Waals surface area contributed by atoms with Crippen molar-refractivity contribution in [1.29, 1.82) is 5.26 Å². The van der Waals surface area contributed by atoms with Crippen molar-refractivity contribution in [2.75, 3.05) is 19.3 Å². The summed E-state index contributed by atoms with van der Waals surface area (Å²) in [4.78, 5) is 0.116. The molecular formula is C11H14ClN3O2S. The Labute approximate surface area is 112 Å². The molecule has 0 aromatic heterocycles. The maximum atomic E-state index is 12.2. The molecule has 0 bridgehead atoms. The summed E-state index contributed by atoms with van der Waals surface area (Å²) in [6.45, 7) is 1.79. The van der Waals surface area contributed by atoms with E-state index >= 15 is 0 Å². The lowest BCUT2D eigenvalue weighted by Crippen LogP contribution is -2.28. The predicted molar refractivity (Wildman–Crippen MR) is 70.6 cm³/mol. The molecule has 0 amide bonds. The number of nitrogens with zero attached hydrogens (tertiary/aromatic N) is 2. The van der Waals surface area contributed by atoms with E-state index in [1.165, 1.54) is 19.2 Å². The average Bonchev–Trinajstić information content (AvgIpc) is 2.30. The average molecular weight is 288 g/mol. The largest absolute Gasteiger partial charge is 0.397 e. The molecule has 1 aromatic carbocycles. The number of hydrogen-bond donors (Lipinski definition) is 1. The van der Waals surface area contributed by atoms with Gasteiger partial charge in [-0.3, -0.25) is 0 Å². The molecule has 18 heavy (non-hydrogen) atoms. The first kappa shape index (κ1) is 14.8. The third-order valence-electron chi connectivity index (χ3n) is 2.52. The standard InChI is InChI=1S/C11H14ClN3O2S/c1-8-6-9(12)10(14)7-11(8)18(16,17)15(2)5-3-4-13/h6-7H,3,5,14H2,1-2H3. The van der Waals surface area contributed by atoms with Crippen molar-refractivity contribution in [3.8, 4) is 6.07 Å². The summed E-state index contributed by atoms with van der Waals surface area (Å²) >= 11 is 5.82. The third kappa shape index (κ3) is 2.93. The molecule has 0 fully saturated rings. The Balaban J connectivity index is 3.21. The Bertz CT molecular complexity index is 593. The van der Waals surface area contributed by atoms with Crippen LogP contribution in [0.4, 0.5) is 5.69 Å². The van der Waals surface area contributed by atoms with E-state index in [9.17, 15) is 8.42 Å². The van der Waals surface area contributed by atoms with E-state index < -0.39 is 10.0 Å². The van der Waals surface area contributed by atoms with E-state index in [0.717, 1.165) is 4.31 Å². The van der Waals surface area contributed by atoms with Gasteiger partial charge in [-0.25, -0.2) is 8.42 Å². The number of benzene rings is 1. The number of anilines is 1. The van der Waals surface area contributed by atoms with Gasteiger partial charge in [0.15, 0.2) is 0 Å². The summed E-state index contributed by atoms with van der Waals surface area (Å²) in [6.07, 6.45) is 0.137. The SMILES string of the molecule is Cc1cc(Cl)c(N)cc1S(=O)(=O)N(C)CCC#N. The smallest absolute Gasteiger partial charge is 0.243 e. The van der Waals surface area contributed by atoms with Crippen LogP contribution in [0.5, 0.6) is 0 Å². The highest BCUT2D eigenvalue weighted by atomic mass is 35.5. The fourth-order valence-electron chi connectivity index (χ4n) is 1.44. The summed E-state index contributed by atoms with van der Waals surface area (Å²) in [6, 6.07) is 4.76. The Morgan fingerprint density at radius 3 is 2.67 bits per heavy atom. The Morgan fingerprint density at radius 1 is 1.50 bits per heavy atom. The number of hydrogen-bond acceptors (Lipinski definition) is 4. The van der Waals surface area contributed by atoms with Crippen LogP contribution < -0.4 is 5.73 Å². The van der Waals surface area contributed by atoms with E-state index in [1.807, 2.05) is 6.07 Å². The van der Waals surface area contributed by atoms with Crippen molar-refractivity contribution < 1.29 is 8.42 Å². The first-order valence-corrected chi connectivity index (χ1v) is 7.01. The van der Waals surface area contributed by atoms with Crippen molar-refractivity contribution >= 4 is 27.3 Å². The van der Waals surface area contributed by atoms with Gasteiger partial charge < -0.3 is 5.73 Å². The molecule has 0 unspecified atom stereocenters. The quantitative estimate of drug-likeness (QED) is 0.855. The van der Waals surface area contributed by atoms with Crippen LogP contribution in [-0.2, 0) is 10.0 Å². The van der Waals surface area contributed by atoms with Crippen LogP contribution >= 0.6 is 11.6 Å². The van der Waals surface area contributed by atoms with E-state index in [1.54, 1.807) is 6.92 Å². The van der Waals surface area contributed by atoms with E-state index in [2.05, 4.69) is 0 Å². The van der Waals surface area contributed by atoms with Gasteiger partial charge >= 0.3 is 0 Å². The fraction of sp³-hybridized carbons (Fsp3) is 0.364. The minimum absolute atomic E-state index is 0.116. The Hall–Kier alpha value is -1.29. The maximum absolute atomic E-state index is 12.2. The highest BCUT2D eigenvalue weighted by molar-refractivity contribution is 7.89. The molecule has 0 aliphatic carbocycles. The summed E-state index contributed by atoms with van der Waals surface area (Å²) in [5, 5.41) is 8.80. The molecule has 0 spiro atoms. The number of rotatable bonds is 4. The lowest BCUT2D eigenvalue weighted by Gasteiger charge is -2.18. The number of nitrogen functional groups attached to an aromatic ring is 1. The van der Waals surface area contributed by atoms with Gasteiger partial charge in [-0.05, 0) is 24.6 Å². The minimum atomic E-state index is -3.64. The van der Waals surface area contributed by atoms with E-state index in [4.69, 9.17) is 22.6 Å². The van der Waals surface area contributed by atoms with Crippen LogP contribution in [0.15, 0.2) is 17.0 Å². The zero-order chi connectivity index (χ0) is 13.9. The van der Waals surface area contributed by atoms with Crippen molar-refractivity contribution in [1.82, 2.24) is 4.31 Å². The first-order valence-electron chi connectivity index (χ1n) is 5.19. The monoisotopic (exact) mass is 287 g/mol. The third-order valence-corrected chi connectivity index (χ3v) is 4.85. The van der Waals surface area contributed by atoms with E-state index in [-0.39, 0.29) is 23.5 Å². The van der Waals surface area contributed by atoms with Crippen molar-refractivity contribution in [2.45, 2.75) is 18.2 Å². The van der Waals surface area contributed by atoms with Crippen LogP contribution in [0, 0.1) is 18.3 Å². The second-order valence-corrected chi connectivity index (χ2v) is 6.29. The molecule has 0 heterocycles. The Kier molecular flexibility index (Phi) is 4.57. The highest BCUT2D eigenvalue weighted by Crippen LogP contribution is 2.27. The molecule has 1 aromatic rings.